The SMILES string of the molecule is C=Cc1ccc(-c2ccc(/C=N\c3cc(N=C)c(N=C)cc3/N=C\c3ccc(-c4ccc(C=C)cc4)cc3)cc2)cc1. The van der Waals surface area contributed by atoms with E-state index in [0.29, 0.717) is 22.7 Å². The van der Waals surface area contributed by atoms with Crippen molar-refractivity contribution in [1.29, 1.82) is 0 Å². The van der Waals surface area contributed by atoms with Gasteiger partial charge in [0.1, 0.15) is 0 Å². The van der Waals surface area contributed by atoms with E-state index in [0.717, 1.165) is 44.5 Å². The molecule has 5 rings (SSSR count). The van der Waals surface area contributed by atoms with Crippen molar-refractivity contribution in [2.45, 2.75) is 0 Å². The maximum Gasteiger partial charge on any atom is 0.0909 e. The molecule has 0 saturated carbocycles. The van der Waals surface area contributed by atoms with Crippen molar-refractivity contribution in [2.24, 2.45) is 20.0 Å². The van der Waals surface area contributed by atoms with Crippen LogP contribution in [0.25, 0.3) is 34.4 Å². The first-order chi connectivity index (χ1) is 20.6. The van der Waals surface area contributed by atoms with E-state index >= 15 is 0 Å². The van der Waals surface area contributed by atoms with Gasteiger partial charge < -0.3 is 0 Å². The second-order valence-electron chi connectivity index (χ2n) is 9.56. The molecule has 0 saturated heterocycles. The Hall–Kier alpha value is -5.74. The minimum atomic E-state index is 0.598. The minimum Gasteiger partial charge on any atom is -0.262 e. The van der Waals surface area contributed by atoms with Crippen molar-refractivity contribution in [1.82, 2.24) is 0 Å². The van der Waals surface area contributed by atoms with Crippen LogP contribution in [0.4, 0.5) is 22.7 Å². The number of nitrogens with zero attached hydrogens (tertiary/aromatic N) is 4. The van der Waals surface area contributed by atoms with Gasteiger partial charge in [-0.15, -0.1) is 0 Å². The average molecular weight is 543 g/mol. The fraction of sp³-hybridized carbons (Fsp3) is 0. The number of aliphatic imine (C=N–C) groups is 4. The molecule has 0 radical (unpaired) electrons. The standard InChI is InChI=1S/C38H30N4/c1-5-27-7-15-31(16-8-27)33-19-11-29(12-20-33)25-41-37-23-35(39-3)36(40-4)24-38(37)42-26-30-13-21-34(22-14-30)32-17-9-28(6-2)10-18-32/h5-26H,1-4H2/b41-25-,42-26-. The lowest BCUT2D eigenvalue weighted by atomic mass is 10.0. The first-order valence-electron chi connectivity index (χ1n) is 13.5. The molecule has 0 unspecified atom stereocenters. The lowest BCUT2D eigenvalue weighted by Crippen LogP contribution is -1.84. The summed E-state index contributed by atoms with van der Waals surface area (Å²) in [6, 6.07) is 36.8. The van der Waals surface area contributed by atoms with E-state index in [1.165, 1.54) is 0 Å². The van der Waals surface area contributed by atoms with Crippen LogP contribution in [0.1, 0.15) is 22.3 Å². The van der Waals surface area contributed by atoms with E-state index in [1.807, 2.05) is 61.0 Å². The van der Waals surface area contributed by atoms with Gasteiger partial charge in [-0.25, -0.2) is 0 Å². The van der Waals surface area contributed by atoms with Crippen LogP contribution in [0.5, 0.6) is 0 Å². The minimum absolute atomic E-state index is 0.598. The van der Waals surface area contributed by atoms with Gasteiger partial charge in [0.2, 0.25) is 0 Å². The number of benzene rings is 5. The Balaban J connectivity index is 1.39. The van der Waals surface area contributed by atoms with Gasteiger partial charge in [0.05, 0.1) is 22.7 Å². The summed E-state index contributed by atoms with van der Waals surface area (Å²) in [5.41, 5.74) is 11.2. The first kappa shape index (κ1) is 27.8. The Bertz CT molecular complexity index is 1650. The van der Waals surface area contributed by atoms with Crippen LogP contribution in [-0.2, 0) is 0 Å². The van der Waals surface area contributed by atoms with Crippen molar-refractivity contribution in [3.8, 4) is 22.3 Å². The second-order valence-corrected chi connectivity index (χ2v) is 9.56. The lowest BCUT2D eigenvalue weighted by molar-refractivity contribution is 1.41. The Morgan fingerprint density at radius 1 is 0.381 bits per heavy atom. The largest absolute Gasteiger partial charge is 0.262 e. The van der Waals surface area contributed by atoms with Crippen molar-refractivity contribution >= 4 is 60.8 Å². The van der Waals surface area contributed by atoms with E-state index < -0.39 is 0 Å². The Labute approximate surface area is 247 Å². The molecule has 0 aromatic heterocycles. The van der Waals surface area contributed by atoms with Crippen LogP contribution in [0.3, 0.4) is 0 Å². The molecule has 4 heteroatoms. The van der Waals surface area contributed by atoms with Crippen LogP contribution >= 0.6 is 0 Å². The maximum atomic E-state index is 4.76. The molecule has 0 N–H and O–H groups in total. The summed E-state index contributed by atoms with van der Waals surface area (Å²) in [5, 5.41) is 0. The van der Waals surface area contributed by atoms with Crippen molar-refractivity contribution < 1.29 is 0 Å². The summed E-state index contributed by atoms with van der Waals surface area (Å²) < 4.78 is 0. The third-order valence-corrected chi connectivity index (χ3v) is 6.90. The number of hydrogen-bond donors (Lipinski definition) is 0. The van der Waals surface area contributed by atoms with Gasteiger partial charge in [-0.1, -0.05) is 122 Å². The molecule has 5 aromatic carbocycles. The second kappa shape index (κ2) is 13.1. The Kier molecular flexibility index (Phi) is 8.66. The number of rotatable bonds is 10. The summed E-state index contributed by atoms with van der Waals surface area (Å²) in [7, 11) is 0. The third-order valence-electron chi connectivity index (χ3n) is 6.90. The monoisotopic (exact) mass is 542 g/mol. The van der Waals surface area contributed by atoms with E-state index in [2.05, 4.69) is 109 Å². The lowest BCUT2D eigenvalue weighted by Gasteiger charge is -2.07. The third kappa shape index (κ3) is 6.52. The molecule has 0 bridgehead atoms. The molecule has 0 fully saturated rings. The molecule has 0 amide bonds. The molecule has 202 valence electrons. The molecular formula is C38H30N4. The maximum absolute atomic E-state index is 4.76. The summed E-state index contributed by atoms with van der Waals surface area (Å²) in [5.74, 6) is 0. The molecular weight excluding hydrogens is 512 g/mol. The average Bonchev–Trinajstić information content (AvgIpc) is 3.06. The first-order valence-corrected chi connectivity index (χ1v) is 13.5. The molecule has 0 atom stereocenters. The van der Waals surface area contributed by atoms with Gasteiger partial charge in [-0.3, -0.25) is 20.0 Å². The van der Waals surface area contributed by atoms with Crippen LogP contribution in [-0.4, -0.2) is 25.9 Å². The molecule has 0 aliphatic carbocycles. The van der Waals surface area contributed by atoms with Crippen LogP contribution in [0.2, 0.25) is 0 Å². The zero-order valence-electron chi connectivity index (χ0n) is 23.3. The highest BCUT2D eigenvalue weighted by Gasteiger charge is 2.08. The number of hydrogen-bond acceptors (Lipinski definition) is 4. The molecule has 0 aliphatic rings. The van der Waals surface area contributed by atoms with Gasteiger partial charge in [0.25, 0.3) is 0 Å². The predicted octanol–water partition coefficient (Wildman–Crippen LogP) is 10.5. The van der Waals surface area contributed by atoms with Gasteiger partial charge in [-0.05, 0) is 70.1 Å². The smallest absolute Gasteiger partial charge is 0.0909 e. The highest BCUT2D eigenvalue weighted by atomic mass is 14.9. The van der Waals surface area contributed by atoms with E-state index in [-0.39, 0.29) is 0 Å². The van der Waals surface area contributed by atoms with Crippen molar-refractivity contribution in [3.63, 3.8) is 0 Å². The molecule has 0 spiro atoms. The fourth-order valence-electron chi connectivity index (χ4n) is 4.45. The normalized spacial score (nSPS) is 11.0. The highest BCUT2D eigenvalue weighted by Crippen LogP contribution is 2.39. The van der Waals surface area contributed by atoms with Gasteiger partial charge >= 0.3 is 0 Å². The van der Waals surface area contributed by atoms with E-state index in [9.17, 15) is 0 Å². The van der Waals surface area contributed by atoms with Gasteiger partial charge in [0.15, 0.2) is 0 Å². The summed E-state index contributed by atoms with van der Waals surface area (Å²) in [6.07, 6.45) is 7.32. The van der Waals surface area contributed by atoms with Crippen LogP contribution < -0.4 is 0 Å². The molecule has 5 aromatic rings. The zero-order chi connectivity index (χ0) is 29.3. The predicted molar refractivity (Wildman–Crippen MR) is 183 cm³/mol. The summed E-state index contributed by atoms with van der Waals surface area (Å²) in [6.45, 7) is 15.0. The van der Waals surface area contributed by atoms with Crippen LogP contribution in [0, 0.1) is 0 Å². The quantitative estimate of drug-likeness (QED) is 0.158. The summed E-state index contributed by atoms with van der Waals surface area (Å²) in [4.78, 5) is 17.7. The molecule has 0 aliphatic heterocycles. The molecule has 0 heterocycles. The van der Waals surface area contributed by atoms with Crippen molar-refractivity contribution in [3.05, 3.63) is 145 Å². The van der Waals surface area contributed by atoms with E-state index in [4.69, 9.17) is 9.98 Å². The fourth-order valence-corrected chi connectivity index (χ4v) is 4.45. The summed E-state index contributed by atoms with van der Waals surface area (Å²) >= 11 is 0. The van der Waals surface area contributed by atoms with Gasteiger partial charge in [0, 0.05) is 12.4 Å². The Morgan fingerprint density at radius 2 is 0.667 bits per heavy atom. The van der Waals surface area contributed by atoms with Crippen molar-refractivity contribution in [2.75, 3.05) is 0 Å². The molecule has 4 nitrogen and oxygen atoms in total. The van der Waals surface area contributed by atoms with Gasteiger partial charge in [-0.2, -0.15) is 0 Å². The topological polar surface area (TPSA) is 49.4 Å². The Morgan fingerprint density at radius 3 is 0.929 bits per heavy atom. The van der Waals surface area contributed by atoms with E-state index in [1.54, 1.807) is 0 Å². The molecule has 42 heavy (non-hydrogen) atoms. The highest BCUT2D eigenvalue weighted by molar-refractivity contribution is 5.90. The zero-order valence-corrected chi connectivity index (χ0v) is 23.3. The van der Waals surface area contributed by atoms with Crippen LogP contribution in [0.15, 0.2) is 142 Å².